The molecule has 0 atom stereocenters. The topological polar surface area (TPSA) is 87.7 Å². The van der Waals surface area contributed by atoms with E-state index in [1.807, 2.05) is 13.1 Å². The summed E-state index contributed by atoms with van der Waals surface area (Å²) < 4.78 is 17.7. The number of carbonyl (C=O) groups is 1. The fourth-order valence-electron chi connectivity index (χ4n) is 4.24. The predicted molar refractivity (Wildman–Crippen MR) is 116 cm³/mol. The first-order valence-electron chi connectivity index (χ1n) is 10.4. The lowest BCUT2D eigenvalue weighted by molar-refractivity contribution is 0.102. The van der Waals surface area contributed by atoms with Crippen LogP contribution in [0.15, 0.2) is 30.7 Å². The van der Waals surface area contributed by atoms with Crippen LogP contribution in [0.2, 0.25) is 0 Å². The number of rotatable bonds is 4. The van der Waals surface area contributed by atoms with Gasteiger partial charge in [-0.15, -0.1) is 0 Å². The van der Waals surface area contributed by atoms with Gasteiger partial charge >= 0.3 is 0 Å². The van der Waals surface area contributed by atoms with Crippen LogP contribution in [-0.4, -0.2) is 43.3 Å². The van der Waals surface area contributed by atoms with Gasteiger partial charge in [0.2, 0.25) is 0 Å². The summed E-state index contributed by atoms with van der Waals surface area (Å²) in [4.78, 5) is 19.5. The number of hydrogen-bond acceptors (Lipinski definition) is 5. The summed E-state index contributed by atoms with van der Waals surface area (Å²) in [5.41, 5.74) is 2.51. The molecule has 0 bridgehead atoms. The zero-order chi connectivity index (χ0) is 21.7. The van der Waals surface area contributed by atoms with Crippen molar-refractivity contribution < 1.29 is 14.3 Å². The van der Waals surface area contributed by atoms with E-state index in [4.69, 9.17) is 0 Å². The number of nitrogens with zero attached hydrogens (tertiary/aromatic N) is 5. The monoisotopic (exact) mass is 422 g/mol. The van der Waals surface area contributed by atoms with Gasteiger partial charge in [-0.05, 0) is 26.7 Å². The number of halogens is 1. The third kappa shape index (κ3) is 3.26. The number of anilines is 2. The van der Waals surface area contributed by atoms with Gasteiger partial charge in [-0.2, -0.15) is 5.10 Å². The number of carbonyl (C=O) groups excluding carboxylic acids is 1. The second-order valence-electron chi connectivity index (χ2n) is 7.88. The van der Waals surface area contributed by atoms with Crippen LogP contribution in [0.25, 0.3) is 16.6 Å². The number of benzene rings is 1. The minimum Gasteiger partial charge on any atom is -0.507 e. The Labute approximate surface area is 177 Å². The second-order valence-corrected chi connectivity index (χ2v) is 7.88. The van der Waals surface area contributed by atoms with Gasteiger partial charge in [0.1, 0.15) is 16.8 Å². The van der Waals surface area contributed by atoms with Crippen molar-refractivity contribution in [1.82, 2.24) is 19.2 Å². The molecule has 0 aliphatic carbocycles. The standard InChI is InChI=1S/C22H23FN6O2/c1-3-29-12-15-17(27-6-4-5-7-27)9-18(30)19(20(15)26-29)22(31)25-14-8-16(23)21-24-13(2)10-28(21)11-14/h8-12,30H,3-7H2,1-2H3,(H,25,31). The van der Waals surface area contributed by atoms with Gasteiger partial charge in [0.05, 0.1) is 17.1 Å². The minimum absolute atomic E-state index is 0.0764. The number of fused-ring (bicyclic) bond motifs is 2. The molecular formula is C22H23FN6O2. The Morgan fingerprint density at radius 1 is 1.23 bits per heavy atom. The van der Waals surface area contributed by atoms with Crippen molar-refractivity contribution in [2.24, 2.45) is 0 Å². The SMILES string of the molecule is CCn1cc2c(N3CCCC3)cc(O)c(C(=O)Nc3cc(F)c4nc(C)cn4c3)c2n1. The van der Waals surface area contributed by atoms with E-state index in [0.717, 1.165) is 37.0 Å². The van der Waals surface area contributed by atoms with Gasteiger partial charge < -0.3 is 19.7 Å². The maximum absolute atomic E-state index is 14.4. The predicted octanol–water partition coefficient (Wildman–Crippen LogP) is 3.71. The van der Waals surface area contributed by atoms with Gasteiger partial charge in [0.15, 0.2) is 11.5 Å². The molecule has 1 aromatic carbocycles. The summed E-state index contributed by atoms with van der Waals surface area (Å²) in [7, 11) is 0. The molecule has 1 fully saturated rings. The second kappa shape index (κ2) is 7.26. The Bertz CT molecular complexity index is 1320. The molecule has 0 saturated carbocycles. The first-order chi connectivity index (χ1) is 14.9. The Morgan fingerprint density at radius 3 is 2.74 bits per heavy atom. The third-order valence-corrected chi connectivity index (χ3v) is 5.69. The van der Waals surface area contributed by atoms with Crippen molar-refractivity contribution in [3.05, 3.63) is 47.8 Å². The van der Waals surface area contributed by atoms with Gasteiger partial charge in [0, 0.05) is 55.7 Å². The molecule has 8 nitrogen and oxygen atoms in total. The lowest BCUT2D eigenvalue weighted by Gasteiger charge is -2.20. The highest BCUT2D eigenvalue weighted by molar-refractivity contribution is 6.16. The van der Waals surface area contributed by atoms with Crippen LogP contribution in [0.3, 0.4) is 0 Å². The van der Waals surface area contributed by atoms with E-state index in [1.165, 1.54) is 10.5 Å². The van der Waals surface area contributed by atoms with Gasteiger partial charge in [0.25, 0.3) is 5.91 Å². The highest BCUT2D eigenvalue weighted by atomic mass is 19.1. The summed E-state index contributed by atoms with van der Waals surface area (Å²) >= 11 is 0. The van der Waals surface area contributed by atoms with E-state index in [0.29, 0.717) is 17.8 Å². The fraction of sp³-hybridized carbons (Fsp3) is 0.318. The first kappa shape index (κ1) is 19.3. The number of phenols is 1. The van der Waals surface area contributed by atoms with Crippen LogP contribution in [0.4, 0.5) is 15.8 Å². The molecule has 4 aromatic rings. The van der Waals surface area contributed by atoms with Crippen LogP contribution in [0.1, 0.15) is 35.8 Å². The van der Waals surface area contributed by atoms with Crippen molar-refractivity contribution in [2.45, 2.75) is 33.2 Å². The largest absolute Gasteiger partial charge is 0.507 e. The summed E-state index contributed by atoms with van der Waals surface area (Å²) in [6.07, 6.45) is 7.35. The van der Waals surface area contributed by atoms with Crippen molar-refractivity contribution in [2.75, 3.05) is 23.3 Å². The van der Waals surface area contributed by atoms with Crippen molar-refractivity contribution in [1.29, 1.82) is 0 Å². The summed E-state index contributed by atoms with van der Waals surface area (Å²) in [5, 5.41) is 18.8. The van der Waals surface area contributed by atoms with Gasteiger partial charge in [-0.1, -0.05) is 0 Å². The van der Waals surface area contributed by atoms with E-state index in [2.05, 4.69) is 20.3 Å². The zero-order valence-electron chi connectivity index (χ0n) is 17.4. The summed E-state index contributed by atoms with van der Waals surface area (Å²) in [6.45, 7) is 6.18. The average Bonchev–Trinajstić information content (AvgIpc) is 3.46. The lowest BCUT2D eigenvalue weighted by Crippen LogP contribution is -2.19. The number of aryl methyl sites for hydroxylation is 2. The average molecular weight is 422 g/mol. The Kier molecular flexibility index (Phi) is 4.53. The Morgan fingerprint density at radius 2 is 2.00 bits per heavy atom. The van der Waals surface area contributed by atoms with Gasteiger partial charge in [-0.25, -0.2) is 9.37 Å². The molecule has 4 heterocycles. The molecule has 31 heavy (non-hydrogen) atoms. The molecule has 1 aliphatic heterocycles. The lowest BCUT2D eigenvalue weighted by atomic mass is 10.1. The van der Waals surface area contributed by atoms with Gasteiger partial charge in [-0.3, -0.25) is 9.48 Å². The number of nitrogens with one attached hydrogen (secondary N) is 1. The number of amides is 1. The summed E-state index contributed by atoms with van der Waals surface area (Å²) in [6, 6.07) is 2.85. The molecule has 0 radical (unpaired) electrons. The van der Waals surface area contributed by atoms with E-state index >= 15 is 0 Å². The minimum atomic E-state index is -0.549. The number of aromatic hydroxyl groups is 1. The molecule has 1 amide bonds. The number of hydrogen-bond donors (Lipinski definition) is 2. The number of pyridine rings is 1. The van der Waals surface area contributed by atoms with Crippen molar-refractivity contribution >= 4 is 33.8 Å². The highest BCUT2D eigenvalue weighted by Gasteiger charge is 2.25. The highest BCUT2D eigenvalue weighted by Crippen LogP contribution is 2.37. The van der Waals surface area contributed by atoms with E-state index in [9.17, 15) is 14.3 Å². The molecule has 1 saturated heterocycles. The quantitative estimate of drug-likeness (QED) is 0.524. The number of aromatic nitrogens is 4. The Hall–Kier alpha value is -3.62. The molecular weight excluding hydrogens is 399 g/mol. The van der Waals surface area contributed by atoms with Crippen molar-refractivity contribution in [3.8, 4) is 5.75 Å². The van der Waals surface area contributed by atoms with Crippen LogP contribution < -0.4 is 10.2 Å². The maximum Gasteiger partial charge on any atom is 0.261 e. The van der Waals surface area contributed by atoms with Crippen LogP contribution in [-0.2, 0) is 6.54 Å². The smallest absolute Gasteiger partial charge is 0.261 e. The molecule has 5 rings (SSSR count). The number of phenolic OH excluding ortho intramolecular Hbond substituents is 1. The van der Waals surface area contributed by atoms with Crippen LogP contribution in [0, 0.1) is 12.7 Å². The zero-order valence-corrected chi connectivity index (χ0v) is 17.4. The molecule has 1 aliphatic rings. The molecule has 3 aromatic heterocycles. The summed E-state index contributed by atoms with van der Waals surface area (Å²) in [5.74, 6) is -1.24. The normalized spacial score (nSPS) is 14.1. The molecule has 0 unspecified atom stereocenters. The first-order valence-corrected chi connectivity index (χ1v) is 10.4. The maximum atomic E-state index is 14.4. The molecule has 9 heteroatoms. The van der Waals surface area contributed by atoms with E-state index in [1.54, 1.807) is 30.1 Å². The Balaban J connectivity index is 1.58. The van der Waals surface area contributed by atoms with Crippen LogP contribution >= 0.6 is 0 Å². The van der Waals surface area contributed by atoms with Crippen LogP contribution in [0.5, 0.6) is 5.75 Å². The molecule has 0 spiro atoms. The van der Waals surface area contributed by atoms with E-state index < -0.39 is 11.7 Å². The number of imidazole rings is 1. The van der Waals surface area contributed by atoms with E-state index in [-0.39, 0.29) is 22.6 Å². The fourth-order valence-corrected chi connectivity index (χ4v) is 4.24. The molecule has 2 N–H and O–H groups in total. The third-order valence-electron chi connectivity index (χ3n) is 5.69. The van der Waals surface area contributed by atoms with Crippen molar-refractivity contribution in [3.63, 3.8) is 0 Å². The molecule has 160 valence electrons.